The van der Waals surface area contributed by atoms with Gasteiger partial charge in [-0.1, -0.05) is 37.3 Å². The van der Waals surface area contributed by atoms with Crippen LogP contribution in [0.25, 0.3) is 0 Å². The largest absolute Gasteiger partial charge is 0.469 e. The lowest BCUT2D eigenvalue weighted by atomic mass is 10.0. The van der Waals surface area contributed by atoms with E-state index in [9.17, 15) is 27.6 Å². The van der Waals surface area contributed by atoms with Crippen LogP contribution in [0.5, 0.6) is 0 Å². The van der Waals surface area contributed by atoms with Gasteiger partial charge in [0.1, 0.15) is 6.10 Å². The van der Waals surface area contributed by atoms with Crippen LogP contribution < -0.4 is 11.2 Å². The van der Waals surface area contributed by atoms with Gasteiger partial charge in [0.25, 0.3) is 0 Å². The van der Waals surface area contributed by atoms with Gasteiger partial charge in [0, 0.05) is 18.7 Å². The molecule has 1 saturated heterocycles. The van der Waals surface area contributed by atoms with Crippen molar-refractivity contribution in [2.45, 2.75) is 49.8 Å². The number of benzene rings is 2. The maximum Gasteiger partial charge on any atom is 0.469 e. The molecule has 1 fully saturated rings. The number of rotatable bonds is 13. The fraction of sp³-hybridized carbons (Fsp3) is 0.480. The molecule has 216 valence electrons. The first-order chi connectivity index (χ1) is 18.3. The minimum absolute atomic E-state index is 0.0401. The van der Waals surface area contributed by atoms with Crippen molar-refractivity contribution in [2.24, 2.45) is 5.92 Å². The molecule has 2 aromatic rings. The lowest BCUT2D eigenvalue weighted by Gasteiger charge is -2.36. The molecule has 0 saturated carbocycles. The third-order valence-corrected chi connectivity index (χ3v) is 8.78. The summed E-state index contributed by atoms with van der Waals surface area (Å²) in [7, 11) is -8.54. The summed E-state index contributed by atoms with van der Waals surface area (Å²) in [6, 6.07) is 14.0. The number of phosphoric acid groups is 1. The molecule has 5 N–H and O–H groups in total. The number of nitrogens with zero attached hydrogens (tertiary/aromatic N) is 1. The van der Waals surface area contributed by atoms with Gasteiger partial charge in [0.2, 0.25) is 0 Å². The molecular weight excluding hydrogens is 549 g/mol. The number of nitrogens with one attached hydrogen (secondary N) is 1. The van der Waals surface area contributed by atoms with Crippen molar-refractivity contribution in [3.05, 3.63) is 60.2 Å². The van der Waals surface area contributed by atoms with E-state index < -0.39 is 47.9 Å². The normalized spacial score (nSPS) is 18.3. The molecule has 0 spiro atoms. The molecule has 3 rings (SSSR count). The van der Waals surface area contributed by atoms with E-state index in [-0.39, 0.29) is 30.2 Å². The Morgan fingerprint density at radius 3 is 2.44 bits per heavy atom. The predicted octanol–water partition coefficient (Wildman–Crippen LogP) is 2.52. The van der Waals surface area contributed by atoms with E-state index in [1.165, 1.54) is 31.2 Å². The molecule has 1 aliphatic heterocycles. The number of nitrogens with two attached hydrogens (primary N) is 1. The van der Waals surface area contributed by atoms with Crippen LogP contribution >= 0.6 is 7.82 Å². The van der Waals surface area contributed by atoms with Gasteiger partial charge < -0.3 is 25.0 Å². The lowest BCUT2D eigenvalue weighted by molar-refractivity contribution is -0.00405. The minimum Gasteiger partial charge on any atom is -0.443 e. The van der Waals surface area contributed by atoms with E-state index in [1.807, 2.05) is 18.2 Å². The molecule has 39 heavy (non-hydrogen) atoms. The number of hydrogen-bond acceptors (Lipinski definition) is 9. The summed E-state index contributed by atoms with van der Waals surface area (Å²) >= 11 is 0. The maximum atomic E-state index is 13.4. The first-order valence-electron chi connectivity index (χ1n) is 12.5. The quantitative estimate of drug-likeness (QED) is 0.154. The van der Waals surface area contributed by atoms with Crippen LogP contribution in [0.1, 0.15) is 25.8 Å². The second kappa shape index (κ2) is 13.7. The number of anilines is 1. The van der Waals surface area contributed by atoms with Gasteiger partial charge in [-0.3, -0.25) is 4.52 Å². The zero-order chi connectivity index (χ0) is 28.6. The average molecular weight is 586 g/mol. The Morgan fingerprint density at radius 1 is 1.18 bits per heavy atom. The van der Waals surface area contributed by atoms with Crippen molar-refractivity contribution in [3.8, 4) is 0 Å². The highest BCUT2D eigenvalue weighted by Crippen LogP contribution is 2.39. The molecule has 2 aromatic carbocycles. The van der Waals surface area contributed by atoms with Crippen molar-refractivity contribution in [3.63, 3.8) is 0 Å². The molecule has 0 radical (unpaired) electrons. The van der Waals surface area contributed by atoms with Gasteiger partial charge >= 0.3 is 13.9 Å². The summed E-state index contributed by atoms with van der Waals surface area (Å²) in [6.07, 6.45) is -1.72. The monoisotopic (exact) mass is 585 g/mol. The number of phosphoric ester groups is 1. The van der Waals surface area contributed by atoms with E-state index in [4.69, 9.17) is 19.7 Å². The highest BCUT2D eigenvalue weighted by molar-refractivity contribution is 7.91. The summed E-state index contributed by atoms with van der Waals surface area (Å²) in [5.41, 5.74) is 9.86. The topological polar surface area (TPSA) is 178 Å². The molecule has 1 aliphatic rings. The van der Waals surface area contributed by atoms with Crippen LogP contribution in [0.2, 0.25) is 0 Å². The van der Waals surface area contributed by atoms with Crippen molar-refractivity contribution >= 4 is 29.4 Å². The van der Waals surface area contributed by atoms with E-state index >= 15 is 0 Å². The molecule has 0 aliphatic carbocycles. The molecule has 1 unspecified atom stereocenters. The third-order valence-electron chi connectivity index (χ3n) is 6.17. The Bertz CT molecular complexity index is 1220. The number of carbonyl (C=O) groups excluding carboxylic acids is 1. The third kappa shape index (κ3) is 9.87. The Balaban J connectivity index is 1.82. The van der Waals surface area contributed by atoms with Crippen LogP contribution in [-0.4, -0.2) is 73.1 Å². The van der Waals surface area contributed by atoms with Gasteiger partial charge in [0.05, 0.1) is 36.0 Å². The molecule has 0 aromatic heterocycles. The Kier molecular flexibility index (Phi) is 10.9. The fourth-order valence-electron chi connectivity index (χ4n) is 4.19. The van der Waals surface area contributed by atoms with Crippen LogP contribution in [0.3, 0.4) is 0 Å². The van der Waals surface area contributed by atoms with E-state index in [0.717, 1.165) is 10.6 Å². The highest BCUT2D eigenvalue weighted by Gasteiger charge is 2.36. The van der Waals surface area contributed by atoms with E-state index in [0.29, 0.717) is 18.7 Å². The zero-order valence-corrected chi connectivity index (χ0v) is 23.6. The Hall–Kier alpha value is -2.51. The molecule has 12 nitrogen and oxygen atoms in total. The number of hydrazine groups is 1. The zero-order valence-electron chi connectivity index (χ0n) is 21.9. The number of hydrogen-bond donors (Lipinski definition) is 4. The number of sulfone groups is 1. The van der Waals surface area contributed by atoms with Crippen molar-refractivity contribution in [1.29, 1.82) is 0 Å². The number of amides is 1. The number of nitrogen functional groups attached to an aromatic ring is 1. The second-order valence-corrected chi connectivity index (χ2v) is 12.8. The number of carbonyl (C=O) groups is 1. The molecule has 0 bridgehead atoms. The summed E-state index contributed by atoms with van der Waals surface area (Å²) < 4.78 is 53.4. The van der Waals surface area contributed by atoms with Crippen LogP contribution in [0, 0.1) is 5.92 Å². The lowest BCUT2D eigenvalue weighted by Crippen LogP contribution is -2.56. The SMILES string of the molecule is CC(CNN(C(=O)O[C@H]1CCOC1)[C@@H](Cc1ccccc1)[C@@H](C)OP(=O)(O)O)CS(=O)(=O)c1ccc(N)cc1. The molecule has 14 heteroatoms. The van der Waals surface area contributed by atoms with Crippen molar-refractivity contribution in [1.82, 2.24) is 10.4 Å². The molecular formula is C25H36N3O9PS. The summed E-state index contributed by atoms with van der Waals surface area (Å²) in [6.45, 7) is 3.86. The van der Waals surface area contributed by atoms with E-state index in [2.05, 4.69) is 5.43 Å². The smallest absolute Gasteiger partial charge is 0.443 e. The van der Waals surface area contributed by atoms with Gasteiger partial charge in [-0.05, 0) is 49.1 Å². The molecule has 1 heterocycles. The fourth-order valence-corrected chi connectivity index (χ4v) is 6.37. The van der Waals surface area contributed by atoms with Gasteiger partial charge in [-0.25, -0.2) is 28.2 Å². The van der Waals surface area contributed by atoms with Crippen LogP contribution in [0.15, 0.2) is 59.5 Å². The average Bonchev–Trinajstić information content (AvgIpc) is 3.36. The van der Waals surface area contributed by atoms with E-state index in [1.54, 1.807) is 19.1 Å². The summed E-state index contributed by atoms with van der Waals surface area (Å²) in [5, 5.41) is 1.14. The van der Waals surface area contributed by atoms with Crippen molar-refractivity contribution in [2.75, 3.05) is 31.2 Å². The Labute approximate surface area is 228 Å². The second-order valence-electron chi connectivity index (χ2n) is 9.62. The van der Waals surface area contributed by atoms with Gasteiger partial charge in [0.15, 0.2) is 9.84 Å². The molecule has 1 amide bonds. The minimum atomic E-state index is -4.90. The molecule has 4 atom stereocenters. The van der Waals surface area contributed by atoms with Crippen molar-refractivity contribution < 1.29 is 41.6 Å². The van der Waals surface area contributed by atoms with Gasteiger partial charge in [-0.15, -0.1) is 0 Å². The first-order valence-corrected chi connectivity index (χ1v) is 15.7. The highest BCUT2D eigenvalue weighted by atomic mass is 32.2. The summed E-state index contributed by atoms with van der Waals surface area (Å²) in [5.74, 6) is -0.686. The maximum absolute atomic E-state index is 13.4. The first kappa shape index (κ1) is 31.0. The number of ether oxygens (including phenoxy) is 2. The predicted molar refractivity (Wildman–Crippen MR) is 144 cm³/mol. The van der Waals surface area contributed by atoms with Crippen LogP contribution in [0.4, 0.5) is 10.5 Å². The van der Waals surface area contributed by atoms with Gasteiger partial charge in [-0.2, -0.15) is 0 Å². The summed E-state index contributed by atoms with van der Waals surface area (Å²) in [4.78, 5) is 32.4. The van der Waals surface area contributed by atoms with Crippen LogP contribution in [-0.2, 0) is 34.8 Å². The standard InChI is InChI=1S/C25H36N3O9PS/c1-18(17-39(33,34)23-10-8-21(26)9-11-23)15-27-28(25(29)36-22-12-13-35-16-22)24(19(2)37-38(30,31)32)14-20-6-4-3-5-7-20/h3-11,18-19,22,24,27H,12-17,26H2,1-2H3,(H2,30,31,32)/t18?,19-,22+,24+/m1/s1. The Morgan fingerprint density at radius 2 is 1.85 bits per heavy atom.